The number of hydrogen-bond donors (Lipinski definition) is 0. The standard InChI is InChI=1S/C31H52O/c1-7-8-12-23-20-31(6)24(19-29(23)32)13-14-25-27-16-15-26(22(4)11-9-10-21(2)3)30(27,5)18-17-28(25)31/h7,21-28H,1,8-20H2,2-6H3/t22-,23-,24+,25+,26-,27+,28+,30-,31+/m1/s1. The fourth-order valence-corrected chi connectivity index (χ4v) is 9.85. The summed E-state index contributed by atoms with van der Waals surface area (Å²) in [5, 5.41) is 0. The normalized spacial score (nSPS) is 44.6. The summed E-state index contributed by atoms with van der Waals surface area (Å²) >= 11 is 0. The van der Waals surface area contributed by atoms with Crippen LogP contribution in [-0.2, 0) is 4.79 Å². The molecule has 0 bridgehead atoms. The molecule has 4 saturated carbocycles. The zero-order valence-electron chi connectivity index (χ0n) is 22.0. The Bertz CT molecular complexity index is 678. The van der Waals surface area contributed by atoms with Gasteiger partial charge in [0.2, 0.25) is 0 Å². The Kier molecular flexibility index (Phi) is 7.34. The number of hydrogen-bond acceptors (Lipinski definition) is 1. The molecule has 0 N–H and O–H groups in total. The quantitative estimate of drug-likeness (QED) is 0.344. The first-order valence-electron chi connectivity index (χ1n) is 14.3. The van der Waals surface area contributed by atoms with Crippen molar-refractivity contribution in [1.29, 1.82) is 0 Å². The van der Waals surface area contributed by atoms with Crippen molar-refractivity contribution < 1.29 is 4.79 Å². The van der Waals surface area contributed by atoms with E-state index < -0.39 is 0 Å². The Morgan fingerprint density at radius 2 is 1.75 bits per heavy atom. The Morgan fingerprint density at radius 3 is 2.47 bits per heavy atom. The summed E-state index contributed by atoms with van der Waals surface area (Å²) in [5.41, 5.74) is 0.985. The van der Waals surface area contributed by atoms with Crippen LogP contribution in [0.5, 0.6) is 0 Å². The summed E-state index contributed by atoms with van der Waals surface area (Å²) < 4.78 is 0. The molecular formula is C31H52O. The second-order valence-corrected chi connectivity index (χ2v) is 13.6. The van der Waals surface area contributed by atoms with Crippen LogP contribution >= 0.6 is 0 Å². The van der Waals surface area contributed by atoms with Gasteiger partial charge < -0.3 is 0 Å². The Morgan fingerprint density at radius 1 is 1.00 bits per heavy atom. The van der Waals surface area contributed by atoms with Crippen LogP contribution in [0.3, 0.4) is 0 Å². The van der Waals surface area contributed by atoms with Crippen LogP contribution in [0, 0.1) is 58.2 Å². The van der Waals surface area contributed by atoms with E-state index in [-0.39, 0.29) is 0 Å². The molecule has 0 aromatic rings. The molecule has 4 aliphatic rings. The molecule has 0 spiro atoms. The van der Waals surface area contributed by atoms with Crippen molar-refractivity contribution in [3.8, 4) is 0 Å². The smallest absolute Gasteiger partial charge is 0.136 e. The van der Waals surface area contributed by atoms with Crippen LogP contribution in [0.4, 0.5) is 0 Å². The maximum atomic E-state index is 12.9. The maximum absolute atomic E-state index is 12.9. The van der Waals surface area contributed by atoms with Crippen molar-refractivity contribution in [2.45, 2.75) is 118 Å². The molecule has 9 atom stereocenters. The van der Waals surface area contributed by atoms with E-state index in [1.165, 1.54) is 64.2 Å². The zero-order valence-corrected chi connectivity index (χ0v) is 22.0. The highest BCUT2D eigenvalue weighted by Crippen LogP contribution is 2.68. The Labute approximate surface area is 199 Å². The van der Waals surface area contributed by atoms with Gasteiger partial charge in [-0.1, -0.05) is 60.0 Å². The lowest BCUT2D eigenvalue weighted by atomic mass is 9.43. The topological polar surface area (TPSA) is 17.1 Å². The van der Waals surface area contributed by atoms with E-state index in [0.717, 1.165) is 54.8 Å². The van der Waals surface area contributed by atoms with Crippen molar-refractivity contribution in [2.24, 2.45) is 58.2 Å². The predicted molar refractivity (Wildman–Crippen MR) is 136 cm³/mol. The first-order chi connectivity index (χ1) is 15.2. The molecule has 0 saturated heterocycles. The van der Waals surface area contributed by atoms with Gasteiger partial charge in [0.05, 0.1) is 0 Å². The lowest BCUT2D eigenvalue weighted by Gasteiger charge is -2.61. The van der Waals surface area contributed by atoms with Gasteiger partial charge in [-0.25, -0.2) is 0 Å². The molecule has 32 heavy (non-hydrogen) atoms. The second kappa shape index (κ2) is 9.58. The number of ketones is 1. The lowest BCUT2D eigenvalue weighted by Crippen LogP contribution is -2.55. The van der Waals surface area contributed by atoms with E-state index in [1.807, 2.05) is 6.08 Å². The molecule has 0 radical (unpaired) electrons. The molecular weight excluding hydrogens is 388 g/mol. The molecule has 0 aliphatic heterocycles. The molecule has 1 heteroatoms. The summed E-state index contributed by atoms with van der Waals surface area (Å²) in [5.74, 6) is 6.96. The first-order valence-corrected chi connectivity index (χ1v) is 14.3. The van der Waals surface area contributed by atoms with Crippen molar-refractivity contribution in [2.75, 3.05) is 0 Å². The van der Waals surface area contributed by atoms with Crippen LogP contribution < -0.4 is 0 Å². The first kappa shape index (κ1) is 24.5. The van der Waals surface area contributed by atoms with E-state index >= 15 is 0 Å². The van der Waals surface area contributed by atoms with Crippen LogP contribution in [0.25, 0.3) is 0 Å². The highest BCUT2D eigenvalue weighted by molar-refractivity contribution is 5.82. The van der Waals surface area contributed by atoms with Crippen molar-refractivity contribution in [3.05, 3.63) is 12.7 Å². The minimum Gasteiger partial charge on any atom is -0.299 e. The van der Waals surface area contributed by atoms with E-state index in [4.69, 9.17) is 0 Å². The van der Waals surface area contributed by atoms with E-state index in [9.17, 15) is 4.79 Å². The number of allylic oxidation sites excluding steroid dienone is 1. The highest BCUT2D eigenvalue weighted by Gasteiger charge is 2.61. The largest absolute Gasteiger partial charge is 0.299 e. The third-order valence-corrected chi connectivity index (χ3v) is 11.6. The molecule has 0 aromatic heterocycles. The molecule has 0 heterocycles. The Balaban J connectivity index is 1.47. The van der Waals surface area contributed by atoms with Crippen LogP contribution in [0.15, 0.2) is 12.7 Å². The van der Waals surface area contributed by atoms with Gasteiger partial charge in [0.25, 0.3) is 0 Å². The third kappa shape index (κ3) is 4.29. The fourth-order valence-electron chi connectivity index (χ4n) is 9.85. The van der Waals surface area contributed by atoms with E-state index in [0.29, 0.717) is 28.4 Å². The van der Waals surface area contributed by atoms with Gasteiger partial charge in [-0.3, -0.25) is 4.79 Å². The lowest BCUT2D eigenvalue weighted by molar-refractivity contribution is -0.148. The molecule has 0 unspecified atom stereocenters. The number of Topliss-reactive ketones (excluding diaryl/α,β-unsaturated/α-hetero) is 1. The van der Waals surface area contributed by atoms with Crippen molar-refractivity contribution in [3.63, 3.8) is 0 Å². The molecule has 4 rings (SSSR count). The number of rotatable bonds is 8. The average Bonchev–Trinajstić information content (AvgIpc) is 3.09. The van der Waals surface area contributed by atoms with E-state index in [1.54, 1.807) is 0 Å². The van der Waals surface area contributed by atoms with Crippen LogP contribution in [0.1, 0.15) is 118 Å². The third-order valence-electron chi connectivity index (χ3n) is 11.6. The highest BCUT2D eigenvalue weighted by atomic mass is 16.1. The number of carbonyl (C=O) groups excluding carboxylic acids is 1. The van der Waals surface area contributed by atoms with Gasteiger partial charge in [-0.05, 0) is 110 Å². The van der Waals surface area contributed by atoms with Gasteiger partial charge in [-0.15, -0.1) is 6.58 Å². The summed E-state index contributed by atoms with van der Waals surface area (Å²) in [7, 11) is 0. The molecule has 1 nitrogen and oxygen atoms in total. The fraction of sp³-hybridized carbons (Fsp3) is 0.903. The monoisotopic (exact) mass is 440 g/mol. The minimum atomic E-state index is 0.304. The van der Waals surface area contributed by atoms with Crippen LogP contribution in [0.2, 0.25) is 0 Å². The van der Waals surface area contributed by atoms with Gasteiger partial charge >= 0.3 is 0 Å². The summed E-state index contributed by atoms with van der Waals surface area (Å²) in [6.45, 7) is 16.6. The van der Waals surface area contributed by atoms with Gasteiger partial charge in [0.15, 0.2) is 0 Å². The van der Waals surface area contributed by atoms with Crippen molar-refractivity contribution in [1.82, 2.24) is 0 Å². The zero-order chi connectivity index (χ0) is 23.1. The minimum absolute atomic E-state index is 0.304. The summed E-state index contributed by atoms with van der Waals surface area (Å²) in [6.07, 6.45) is 18.9. The van der Waals surface area contributed by atoms with Gasteiger partial charge in [-0.2, -0.15) is 0 Å². The van der Waals surface area contributed by atoms with Crippen LogP contribution in [-0.4, -0.2) is 5.78 Å². The summed E-state index contributed by atoms with van der Waals surface area (Å²) in [4.78, 5) is 12.9. The SMILES string of the molecule is C=CCC[C@@H]1C[C@@]2(C)[C@@H](CC[C@@H]3[C@@H]2CC[C@]2(C)[C@@H]([C@H](C)CCCC(C)C)CC[C@@H]32)CC1=O. The molecule has 182 valence electrons. The molecule has 4 fully saturated rings. The molecule has 0 aromatic carbocycles. The Hall–Kier alpha value is -0.590. The van der Waals surface area contributed by atoms with E-state index in [2.05, 4.69) is 41.2 Å². The number of carbonyl (C=O) groups is 1. The predicted octanol–water partition coefficient (Wildman–Crippen LogP) is 8.87. The number of fused-ring (bicyclic) bond motifs is 5. The van der Waals surface area contributed by atoms with Gasteiger partial charge in [0, 0.05) is 12.3 Å². The van der Waals surface area contributed by atoms with Crippen molar-refractivity contribution >= 4 is 5.78 Å². The average molecular weight is 441 g/mol. The van der Waals surface area contributed by atoms with Gasteiger partial charge in [0.1, 0.15) is 5.78 Å². The molecule has 0 amide bonds. The maximum Gasteiger partial charge on any atom is 0.136 e. The molecule has 4 aliphatic carbocycles. The second-order valence-electron chi connectivity index (χ2n) is 13.6. The summed E-state index contributed by atoms with van der Waals surface area (Å²) in [6, 6.07) is 0.